The summed E-state index contributed by atoms with van der Waals surface area (Å²) in [5.74, 6) is 0. The van der Waals surface area contributed by atoms with Gasteiger partial charge in [0.2, 0.25) is 0 Å². The van der Waals surface area contributed by atoms with Crippen molar-refractivity contribution >= 4 is 31.1 Å². The molecule has 0 aliphatic rings. The summed E-state index contributed by atoms with van der Waals surface area (Å²) in [6.45, 7) is 8.75. The Labute approximate surface area is 217 Å². The van der Waals surface area contributed by atoms with Crippen molar-refractivity contribution in [3.63, 3.8) is 0 Å². The van der Waals surface area contributed by atoms with Crippen molar-refractivity contribution in [2.45, 2.75) is 52.6 Å². The maximum atomic E-state index is 2.24. The molecule has 4 aromatic rings. The second kappa shape index (κ2) is 18.0. The molecule has 158 valence electrons. The van der Waals surface area contributed by atoms with Crippen LogP contribution < -0.4 is 24.8 Å². The Bertz CT molecular complexity index is 851. The number of aryl methyl sites for hydroxylation is 2. The van der Waals surface area contributed by atoms with Gasteiger partial charge in [-0.2, -0.15) is 11.1 Å². The number of fused-ring (bicyclic) bond motifs is 2. The van der Waals surface area contributed by atoms with E-state index in [4.69, 9.17) is 0 Å². The van der Waals surface area contributed by atoms with Crippen LogP contribution >= 0.6 is 0 Å². The second-order valence-corrected chi connectivity index (χ2v) is 7.89. The van der Waals surface area contributed by atoms with Crippen molar-refractivity contribution < 1.29 is 51.0 Å². The first-order valence-corrected chi connectivity index (χ1v) is 12.1. The fourth-order valence-electron chi connectivity index (χ4n) is 3.40. The molecule has 0 N–H and O–H groups in total. The van der Waals surface area contributed by atoms with Gasteiger partial charge >= 0.3 is 26.2 Å². The van der Waals surface area contributed by atoms with Gasteiger partial charge in [0.15, 0.2) is 0 Å². The maximum absolute atomic E-state index is 2.24. The molecule has 0 aliphatic heterocycles. The molecule has 0 aliphatic carbocycles. The Morgan fingerprint density at radius 3 is 1.33 bits per heavy atom. The molecule has 0 atom stereocenters. The van der Waals surface area contributed by atoms with Crippen LogP contribution in [0.1, 0.15) is 37.8 Å². The molecule has 4 heteroatoms. The minimum Gasteiger partial charge on any atom is -1.00 e. The van der Waals surface area contributed by atoms with Gasteiger partial charge in [-0.15, -0.1) is 82.2 Å². The quantitative estimate of drug-likeness (QED) is 0.277. The first kappa shape index (κ1) is 31.5. The predicted octanol–water partition coefficient (Wildman–Crippen LogP) is 1.81. The van der Waals surface area contributed by atoms with Crippen LogP contribution in [0.4, 0.5) is 0 Å². The van der Waals surface area contributed by atoms with Gasteiger partial charge in [0.1, 0.15) is 0 Å². The van der Waals surface area contributed by atoms with E-state index in [9.17, 15) is 0 Å². The second-order valence-electron chi connectivity index (χ2n) is 6.89. The van der Waals surface area contributed by atoms with Crippen molar-refractivity contribution in [1.29, 1.82) is 0 Å². The zero-order valence-corrected chi connectivity index (χ0v) is 23.5. The van der Waals surface area contributed by atoms with E-state index in [0.717, 1.165) is 9.52 Å². The zero-order valence-electron chi connectivity index (χ0n) is 18.5. The third-order valence-electron chi connectivity index (χ3n) is 4.58. The monoisotopic (exact) mass is 532 g/mol. The summed E-state index contributed by atoms with van der Waals surface area (Å²) in [4.78, 5) is 0. The Morgan fingerprint density at radius 1 is 0.667 bits per heavy atom. The van der Waals surface area contributed by atoms with Gasteiger partial charge in [0.25, 0.3) is 0 Å². The molecule has 0 unspecified atom stereocenters. The Hall–Kier alpha value is -0.660. The minimum atomic E-state index is 0. The normalized spacial score (nSPS) is 9.20. The molecule has 0 nitrogen and oxygen atoms in total. The molecule has 2 radical (unpaired) electrons. The Balaban J connectivity index is 0. The predicted molar refractivity (Wildman–Crippen MR) is 125 cm³/mol. The number of hydrogen-bond donors (Lipinski definition) is 0. The van der Waals surface area contributed by atoms with Crippen molar-refractivity contribution in [3.8, 4) is 0 Å². The van der Waals surface area contributed by atoms with Crippen LogP contribution in [0, 0.1) is 0 Å². The molecule has 30 heavy (non-hydrogen) atoms. The van der Waals surface area contributed by atoms with Crippen LogP contribution in [-0.4, -0.2) is 9.52 Å². The van der Waals surface area contributed by atoms with Crippen LogP contribution in [0.3, 0.4) is 0 Å². The van der Waals surface area contributed by atoms with Crippen molar-refractivity contribution in [3.05, 3.63) is 83.9 Å². The summed E-state index contributed by atoms with van der Waals surface area (Å²) in [5.41, 5.74) is 2.99. The van der Waals surface area contributed by atoms with Crippen LogP contribution in [0.2, 0.25) is 13.1 Å². The van der Waals surface area contributed by atoms with Gasteiger partial charge in [-0.05, 0) is 0 Å². The molecule has 4 rings (SSSR count). The Kier molecular flexibility index (Phi) is 18.9. The molecule has 0 saturated carbocycles. The van der Waals surface area contributed by atoms with Crippen LogP contribution in [0.5, 0.6) is 0 Å². The van der Waals surface area contributed by atoms with E-state index in [1.807, 2.05) is 0 Å². The maximum Gasteiger partial charge on any atom is 4.00 e. The molecule has 4 aromatic carbocycles. The molecular formula is C26H32Cl2SiZr. The van der Waals surface area contributed by atoms with Gasteiger partial charge in [0, 0.05) is 9.52 Å². The number of hydrogen-bond acceptors (Lipinski definition) is 0. The number of benzene rings is 2. The van der Waals surface area contributed by atoms with Crippen LogP contribution in [0.25, 0.3) is 21.5 Å². The van der Waals surface area contributed by atoms with Crippen molar-refractivity contribution in [2.24, 2.45) is 0 Å². The molecule has 0 bridgehead atoms. The molecule has 0 aromatic heterocycles. The largest absolute Gasteiger partial charge is 4.00 e. The fraction of sp³-hybridized carbons (Fsp3) is 0.308. The summed E-state index contributed by atoms with van der Waals surface area (Å²) < 4.78 is 0. The van der Waals surface area contributed by atoms with Gasteiger partial charge < -0.3 is 24.8 Å². The van der Waals surface area contributed by atoms with Gasteiger partial charge in [-0.3, -0.25) is 0 Å². The summed E-state index contributed by atoms with van der Waals surface area (Å²) in [6.07, 6.45) is 4.86. The SMILES string of the molecule is CCCc1c[cH-]c2ccccc12.CCCc1c[cH-]c2ccccc12.C[Si]C.[Cl-].[Cl-].[Zr+4]. The molecule has 0 saturated heterocycles. The van der Waals surface area contributed by atoms with E-state index in [2.05, 4.69) is 99.7 Å². The van der Waals surface area contributed by atoms with Crippen LogP contribution in [0.15, 0.2) is 72.8 Å². The van der Waals surface area contributed by atoms with Crippen molar-refractivity contribution in [2.75, 3.05) is 0 Å². The van der Waals surface area contributed by atoms with E-state index in [1.165, 1.54) is 58.4 Å². The topological polar surface area (TPSA) is 0 Å². The summed E-state index contributed by atoms with van der Waals surface area (Å²) >= 11 is 0. The van der Waals surface area contributed by atoms with E-state index < -0.39 is 0 Å². The van der Waals surface area contributed by atoms with Gasteiger partial charge in [0.05, 0.1) is 0 Å². The van der Waals surface area contributed by atoms with Crippen molar-refractivity contribution in [1.82, 2.24) is 0 Å². The molecule has 0 spiro atoms. The fourth-order valence-corrected chi connectivity index (χ4v) is 3.40. The first-order chi connectivity index (χ1) is 13.2. The van der Waals surface area contributed by atoms with Gasteiger partial charge in [-0.25, -0.2) is 0 Å². The minimum absolute atomic E-state index is 0. The average molecular weight is 535 g/mol. The molecular weight excluding hydrogens is 503 g/mol. The van der Waals surface area contributed by atoms with Crippen LogP contribution in [-0.2, 0) is 39.0 Å². The summed E-state index contributed by atoms with van der Waals surface area (Å²) in [7, 11) is 1.08. The molecule has 0 fully saturated rings. The zero-order chi connectivity index (χ0) is 19.5. The average Bonchev–Trinajstić information content (AvgIpc) is 3.29. The molecule has 0 heterocycles. The third kappa shape index (κ3) is 9.23. The summed E-state index contributed by atoms with van der Waals surface area (Å²) in [5, 5.41) is 5.61. The Morgan fingerprint density at radius 2 is 1.00 bits per heavy atom. The first-order valence-electron chi connectivity index (χ1n) is 10.1. The number of rotatable bonds is 4. The standard InChI is InChI=1S/2C12H13.C2H6Si.2ClH.Zr/c2*1-2-5-10-8-9-11-6-3-4-7-12(10)11;1-3-2;;;/h2*3-4,6-9H,2,5H2,1H3;1-2H3;2*1H;/q2*-1;;;;+4/p-2. The third-order valence-corrected chi connectivity index (χ3v) is 4.58. The molecule has 0 amide bonds. The van der Waals surface area contributed by atoms with Gasteiger partial charge in [-0.1, -0.05) is 64.8 Å². The smallest absolute Gasteiger partial charge is 1.00 e. The van der Waals surface area contributed by atoms with E-state index in [1.54, 1.807) is 0 Å². The van der Waals surface area contributed by atoms with E-state index in [0.29, 0.717) is 0 Å². The van der Waals surface area contributed by atoms with E-state index in [-0.39, 0.29) is 51.0 Å². The van der Waals surface area contributed by atoms with E-state index >= 15 is 0 Å². The summed E-state index contributed by atoms with van der Waals surface area (Å²) in [6, 6.07) is 26.1. The number of halogens is 2.